The van der Waals surface area contributed by atoms with Gasteiger partial charge in [0.05, 0.1) is 10.6 Å². The summed E-state index contributed by atoms with van der Waals surface area (Å²) in [5.74, 6) is 0.265. The number of halogens is 2. The predicted molar refractivity (Wildman–Crippen MR) is 86.5 cm³/mol. The SMILES string of the molecule is Cc1cccc(-c2c(-c3ccc(Cl)cc3Cl)noc2N)c1. The minimum Gasteiger partial charge on any atom is -0.367 e. The van der Waals surface area contributed by atoms with Crippen LogP contribution in [0.15, 0.2) is 47.0 Å². The van der Waals surface area contributed by atoms with E-state index in [1.807, 2.05) is 31.2 Å². The van der Waals surface area contributed by atoms with Crippen molar-refractivity contribution in [3.63, 3.8) is 0 Å². The Balaban J connectivity index is 2.22. The van der Waals surface area contributed by atoms with E-state index in [-0.39, 0.29) is 5.88 Å². The van der Waals surface area contributed by atoms with E-state index in [9.17, 15) is 0 Å². The van der Waals surface area contributed by atoms with Crippen molar-refractivity contribution in [3.05, 3.63) is 58.1 Å². The third kappa shape index (κ3) is 2.62. The summed E-state index contributed by atoms with van der Waals surface area (Å²) in [6.07, 6.45) is 0. The van der Waals surface area contributed by atoms with E-state index < -0.39 is 0 Å². The molecule has 3 nitrogen and oxygen atoms in total. The van der Waals surface area contributed by atoms with Gasteiger partial charge in [0.2, 0.25) is 5.88 Å². The van der Waals surface area contributed by atoms with Gasteiger partial charge in [0.25, 0.3) is 0 Å². The lowest BCUT2D eigenvalue weighted by Crippen LogP contribution is -1.89. The molecule has 3 rings (SSSR count). The molecule has 1 aromatic heterocycles. The summed E-state index contributed by atoms with van der Waals surface area (Å²) in [5.41, 5.74) is 10.1. The van der Waals surface area contributed by atoms with Gasteiger partial charge in [0.1, 0.15) is 5.69 Å². The molecule has 0 spiro atoms. The monoisotopic (exact) mass is 318 g/mol. The molecule has 0 saturated carbocycles. The van der Waals surface area contributed by atoms with E-state index in [1.54, 1.807) is 18.2 Å². The number of nitrogen functional groups attached to an aromatic ring is 1. The molecule has 0 saturated heterocycles. The second-order valence-corrected chi connectivity index (χ2v) is 5.61. The Morgan fingerprint density at radius 3 is 2.62 bits per heavy atom. The third-order valence-electron chi connectivity index (χ3n) is 3.21. The molecule has 0 atom stereocenters. The quantitative estimate of drug-likeness (QED) is 0.706. The van der Waals surface area contributed by atoms with Crippen molar-refractivity contribution in [1.82, 2.24) is 5.16 Å². The van der Waals surface area contributed by atoms with Crippen LogP contribution in [-0.4, -0.2) is 5.16 Å². The van der Waals surface area contributed by atoms with Crippen LogP contribution in [0.4, 0.5) is 5.88 Å². The molecule has 1 heterocycles. The molecule has 0 aliphatic rings. The van der Waals surface area contributed by atoms with E-state index in [1.165, 1.54) is 0 Å². The summed E-state index contributed by atoms with van der Waals surface area (Å²) in [6.45, 7) is 2.02. The summed E-state index contributed by atoms with van der Waals surface area (Å²) in [6, 6.07) is 13.2. The van der Waals surface area contributed by atoms with Crippen LogP contribution in [0.2, 0.25) is 10.0 Å². The zero-order valence-corrected chi connectivity index (χ0v) is 12.7. The van der Waals surface area contributed by atoms with Gasteiger partial charge in [0, 0.05) is 10.6 Å². The van der Waals surface area contributed by atoms with Crippen LogP contribution >= 0.6 is 23.2 Å². The van der Waals surface area contributed by atoms with Crippen LogP contribution in [0.5, 0.6) is 0 Å². The highest BCUT2D eigenvalue weighted by Gasteiger charge is 2.19. The number of aromatic nitrogens is 1. The predicted octanol–water partition coefficient (Wildman–Crippen LogP) is 5.21. The average molecular weight is 319 g/mol. The van der Waals surface area contributed by atoms with Crippen LogP contribution in [0.3, 0.4) is 0 Å². The first kappa shape index (κ1) is 14.0. The first-order valence-corrected chi connectivity index (χ1v) is 7.09. The molecule has 0 aliphatic heterocycles. The Kier molecular flexibility index (Phi) is 3.62. The van der Waals surface area contributed by atoms with Gasteiger partial charge >= 0.3 is 0 Å². The summed E-state index contributed by atoms with van der Waals surface area (Å²) in [7, 11) is 0. The van der Waals surface area contributed by atoms with Gasteiger partial charge in [-0.25, -0.2) is 0 Å². The standard InChI is InChI=1S/C16H12Cl2N2O/c1-9-3-2-4-10(7-9)14-15(20-21-16(14)19)12-6-5-11(17)8-13(12)18/h2-8H,19H2,1H3. The molecular weight excluding hydrogens is 307 g/mol. The maximum absolute atomic E-state index is 6.26. The van der Waals surface area contributed by atoms with Crippen molar-refractivity contribution in [2.24, 2.45) is 0 Å². The molecule has 0 fully saturated rings. The first-order valence-electron chi connectivity index (χ1n) is 6.34. The highest BCUT2D eigenvalue weighted by molar-refractivity contribution is 6.36. The number of nitrogens with two attached hydrogens (primary N) is 1. The molecule has 0 radical (unpaired) electrons. The zero-order chi connectivity index (χ0) is 15.0. The fourth-order valence-corrected chi connectivity index (χ4v) is 2.75. The number of hydrogen-bond acceptors (Lipinski definition) is 3. The van der Waals surface area contributed by atoms with Crippen molar-refractivity contribution in [1.29, 1.82) is 0 Å². The van der Waals surface area contributed by atoms with Crippen LogP contribution in [0.25, 0.3) is 22.4 Å². The molecule has 5 heteroatoms. The highest BCUT2D eigenvalue weighted by Crippen LogP contribution is 2.39. The molecule has 0 aliphatic carbocycles. The lowest BCUT2D eigenvalue weighted by molar-refractivity contribution is 0.439. The normalized spacial score (nSPS) is 10.8. The minimum atomic E-state index is 0.265. The molecule has 0 bridgehead atoms. The lowest BCUT2D eigenvalue weighted by atomic mass is 9.99. The lowest BCUT2D eigenvalue weighted by Gasteiger charge is -2.06. The van der Waals surface area contributed by atoms with Crippen molar-refractivity contribution < 1.29 is 4.52 Å². The second-order valence-electron chi connectivity index (χ2n) is 4.76. The average Bonchev–Trinajstić information content (AvgIpc) is 2.80. The summed E-state index contributed by atoms with van der Waals surface area (Å²) >= 11 is 12.2. The van der Waals surface area contributed by atoms with Gasteiger partial charge in [0.15, 0.2) is 0 Å². The van der Waals surface area contributed by atoms with Crippen molar-refractivity contribution in [2.75, 3.05) is 5.73 Å². The van der Waals surface area contributed by atoms with Gasteiger partial charge in [-0.15, -0.1) is 0 Å². The second kappa shape index (κ2) is 5.43. The highest BCUT2D eigenvalue weighted by atomic mass is 35.5. The van der Waals surface area contributed by atoms with E-state index in [0.29, 0.717) is 15.7 Å². The van der Waals surface area contributed by atoms with Crippen LogP contribution in [0, 0.1) is 6.92 Å². The van der Waals surface area contributed by atoms with Crippen LogP contribution in [0.1, 0.15) is 5.56 Å². The zero-order valence-electron chi connectivity index (χ0n) is 11.2. The summed E-state index contributed by atoms with van der Waals surface area (Å²) in [4.78, 5) is 0. The van der Waals surface area contributed by atoms with Crippen LogP contribution in [-0.2, 0) is 0 Å². The number of anilines is 1. The van der Waals surface area contributed by atoms with Gasteiger partial charge in [-0.05, 0) is 30.7 Å². The van der Waals surface area contributed by atoms with Gasteiger partial charge in [-0.1, -0.05) is 58.2 Å². The Bertz CT molecular complexity index is 812. The van der Waals surface area contributed by atoms with E-state index in [0.717, 1.165) is 22.3 Å². The van der Waals surface area contributed by atoms with Crippen molar-refractivity contribution >= 4 is 29.1 Å². The molecule has 3 aromatic rings. The Hall–Kier alpha value is -1.97. The molecule has 21 heavy (non-hydrogen) atoms. The Morgan fingerprint density at radius 2 is 1.90 bits per heavy atom. The van der Waals surface area contributed by atoms with E-state index in [2.05, 4.69) is 5.16 Å². The largest absolute Gasteiger partial charge is 0.367 e. The fourth-order valence-electron chi connectivity index (χ4n) is 2.25. The molecule has 0 unspecified atom stereocenters. The van der Waals surface area contributed by atoms with E-state index in [4.69, 9.17) is 33.5 Å². The van der Waals surface area contributed by atoms with Crippen LogP contribution < -0.4 is 5.73 Å². The minimum absolute atomic E-state index is 0.265. The first-order chi connectivity index (χ1) is 10.1. The molecular formula is C16H12Cl2N2O. The van der Waals surface area contributed by atoms with Crippen molar-refractivity contribution in [3.8, 4) is 22.4 Å². The topological polar surface area (TPSA) is 52.0 Å². The number of nitrogens with zero attached hydrogens (tertiary/aromatic N) is 1. The summed E-state index contributed by atoms with van der Waals surface area (Å²) in [5, 5.41) is 5.13. The van der Waals surface area contributed by atoms with Crippen molar-refractivity contribution in [2.45, 2.75) is 6.92 Å². The smallest absolute Gasteiger partial charge is 0.230 e. The molecule has 106 valence electrons. The van der Waals surface area contributed by atoms with E-state index >= 15 is 0 Å². The third-order valence-corrected chi connectivity index (χ3v) is 3.76. The molecule has 2 aromatic carbocycles. The number of aryl methyl sites for hydroxylation is 1. The maximum Gasteiger partial charge on any atom is 0.230 e. The maximum atomic E-state index is 6.26. The van der Waals surface area contributed by atoms with Gasteiger partial charge in [-0.2, -0.15) is 0 Å². The number of hydrogen-bond donors (Lipinski definition) is 1. The molecule has 2 N–H and O–H groups in total. The van der Waals surface area contributed by atoms with Gasteiger partial charge in [-0.3, -0.25) is 0 Å². The number of rotatable bonds is 2. The van der Waals surface area contributed by atoms with Gasteiger partial charge < -0.3 is 10.3 Å². The molecule has 0 amide bonds. The Labute approximate surface area is 132 Å². The number of benzene rings is 2. The summed E-state index contributed by atoms with van der Waals surface area (Å²) < 4.78 is 5.17. The fraction of sp³-hybridized carbons (Fsp3) is 0.0625. The Morgan fingerprint density at radius 1 is 1.10 bits per heavy atom.